The normalized spacial score (nSPS) is 8.89. The second-order valence-electron chi connectivity index (χ2n) is 1.75. The van der Waals surface area contributed by atoms with Gasteiger partial charge in [-0.15, -0.1) is 6.58 Å². The summed E-state index contributed by atoms with van der Waals surface area (Å²) in [6.45, 7) is 3.60. The molecular weight excluding hydrogens is 110 g/mol. The van der Waals surface area contributed by atoms with Crippen molar-refractivity contribution in [3.8, 4) is 0 Å². The molecule has 45 valence electrons. The van der Waals surface area contributed by atoms with Gasteiger partial charge in [0.1, 0.15) is 0 Å². The zero-order valence-electron chi connectivity index (χ0n) is 5.17. The van der Waals surface area contributed by atoms with Crippen molar-refractivity contribution in [2.45, 2.75) is 6.42 Å². The van der Waals surface area contributed by atoms with Crippen molar-refractivity contribution in [3.05, 3.63) is 42.7 Å². The van der Waals surface area contributed by atoms with Crippen LogP contribution in [0.5, 0.6) is 0 Å². The van der Waals surface area contributed by atoms with Crippen molar-refractivity contribution in [1.29, 1.82) is 0 Å². The molecule has 0 N–H and O–H groups in total. The Morgan fingerprint density at radius 2 is 2.67 bits per heavy atom. The van der Waals surface area contributed by atoms with Crippen LogP contribution in [0.3, 0.4) is 0 Å². The molecule has 1 nitrogen and oxygen atoms in total. The molecule has 0 aliphatic carbocycles. The minimum Gasteiger partial charge on any atom is -0.251 e. The molecule has 1 radical (unpaired) electrons. The third-order valence-electron chi connectivity index (χ3n) is 1.02. The lowest BCUT2D eigenvalue weighted by atomic mass is 10.3. The molecule has 0 aliphatic heterocycles. The minimum atomic E-state index is 0.831. The topological polar surface area (TPSA) is 12.9 Å². The molecule has 0 saturated heterocycles. The van der Waals surface area contributed by atoms with Crippen molar-refractivity contribution >= 4 is 0 Å². The van der Waals surface area contributed by atoms with Crippen LogP contribution in [-0.2, 0) is 6.42 Å². The van der Waals surface area contributed by atoms with E-state index >= 15 is 0 Å². The summed E-state index contributed by atoms with van der Waals surface area (Å²) in [5, 5.41) is 0. The third-order valence-corrected chi connectivity index (χ3v) is 1.02. The van der Waals surface area contributed by atoms with Crippen LogP contribution in [0.4, 0.5) is 0 Å². The molecule has 0 saturated carbocycles. The summed E-state index contributed by atoms with van der Waals surface area (Å²) in [7, 11) is 0. The van der Waals surface area contributed by atoms with Gasteiger partial charge in [0, 0.05) is 12.1 Å². The summed E-state index contributed by atoms with van der Waals surface area (Å²) in [4.78, 5) is 3.97. The van der Waals surface area contributed by atoms with Gasteiger partial charge in [-0.2, -0.15) is 0 Å². The van der Waals surface area contributed by atoms with Crippen molar-refractivity contribution in [3.63, 3.8) is 0 Å². The number of nitrogens with zero attached hydrogens (tertiary/aromatic N) is 1. The van der Waals surface area contributed by atoms with E-state index in [1.165, 1.54) is 0 Å². The molecule has 1 aromatic heterocycles. The van der Waals surface area contributed by atoms with E-state index in [-0.39, 0.29) is 0 Å². The Hall–Kier alpha value is -1.11. The van der Waals surface area contributed by atoms with Gasteiger partial charge in [-0.1, -0.05) is 12.1 Å². The van der Waals surface area contributed by atoms with Crippen LogP contribution >= 0.6 is 0 Å². The first-order valence-corrected chi connectivity index (χ1v) is 2.86. The van der Waals surface area contributed by atoms with E-state index in [0.29, 0.717) is 0 Å². The Bertz CT molecular complexity index is 179. The molecule has 0 fully saturated rings. The molecule has 0 spiro atoms. The molecule has 1 rings (SSSR count). The fourth-order valence-electron chi connectivity index (χ4n) is 0.621. The highest BCUT2D eigenvalue weighted by Gasteiger charge is 1.84. The summed E-state index contributed by atoms with van der Waals surface area (Å²) < 4.78 is 0. The van der Waals surface area contributed by atoms with E-state index in [1.54, 1.807) is 6.07 Å². The van der Waals surface area contributed by atoms with E-state index in [2.05, 4.69) is 17.8 Å². The van der Waals surface area contributed by atoms with Crippen LogP contribution in [-0.4, -0.2) is 4.98 Å². The summed E-state index contributed by atoms with van der Waals surface area (Å²) in [5.74, 6) is 0. The van der Waals surface area contributed by atoms with Crippen LogP contribution in [0, 0.1) is 6.20 Å². The van der Waals surface area contributed by atoms with Gasteiger partial charge in [-0.25, -0.2) is 0 Å². The lowest BCUT2D eigenvalue weighted by Gasteiger charge is -1.89. The number of hydrogen-bond acceptors (Lipinski definition) is 1. The first-order chi connectivity index (χ1) is 4.43. The number of hydrogen-bond donors (Lipinski definition) is 0. The molecule has 1 heteroatoms. The Balaban J connectivity index is 2.72. The highest BCUT2D eigenvalue weighted by atomic mass is 14.7. The standard InChI is InChI=1S/C8H8N/c1-2-5-8-6-3-4-7-9-8/h2-4,6H,1,5H2. The molecule has 0 atom stereocenters. The largest absolute Gasteiger partial charge is 0.251 e. The van der Waals surface area contributed by atoms with E-state index in [1.807, 2.05) is 18.2 Å². The van der Waals surface area contributed by atoms with Gasteiger partial charge in [0.25, 0.3) is 0 Å². The number of allylic oxidation sites excluding steroid dienone is 1. The Kier molecular flexibility index (Phi) is 2.02. The third kappa shape index (κ3) is 1.68. The molecule has 0 amide bonds. The highest BCUT2D eigenvalue weighted by molar-refractivity contribution is 5.05. The van der Waals surface area contributed by atoms with E-state index in [9.17, 15) is 0 Å². The SMILES string of the molecule is C=CCc1ccc[c]n1. The van der Waals surface area contributed by atoms with Gasteiger partial charge in [-0.3, -0.25) is 4.98 Å². The summed E-state index contributed by atoms with van der Waals surface area (Å²) in [5.41, 5.74) is 1.02. The van der Waals surface area contributed by atoms with Crippen LogP contribution in [0.2, 0.25) is 0 Å². The maximum Gasteiger partial charge on any atom is 0.0889 e. The van der Waals surface area contributed by atoms with Crippen LogP contribution in [0.1, 0.15) is 5.69 Å². The van der Waals surface area contributed by atoms with Gasteiger partial charge in [-0.05, 0) is 12.1 Å². The summed E-state index contributed by atoms with van der Waals surface area (Å²) in [6.07, 6.45) is 5.41. The van der Waals surface area contributed by atoms with Crippen LogP contribution in [0.25, 0.3) is 0 Å². The maximum absolute atomic E-state index is 3.97. The van der Waals surface area contributed by atoms with Gasteiger partial charge in [0.2, 0.25) is 0 Å². The van der Waals surface area contributed by atoms with E-state index < -0.39 is 0 Å². The van der Waals surface area contributed by atoms with Gasteiger partial charge in [0.05, 0.1) is 6.20 Å². The summed E-state index contributed by atoms with van der Waals surface area (Å²) in [6, 6.07) is 5.66. The van der Waals surface area contributed by atoms with Crippen molar-refractivity contribution in [2.24, 2.45) is 0 Å². The smallest absolute Gasteiger partial charge is 0.0889 e. The second-order valence-corrected chi connectivity index (χ2v) is 1.75. The molecule has 0 bridgehead atoms. The van der Waals surface area contributed by atoms with Crippen molar-refractivity contribution < 1.29 is 0 Å². The van der Waals surface area contributed by atoms with Gasteiger partial charge in [0.15, 0.2) is 0 Å². The molecule has 0 aromatic carbocycles. The number of rotatable bonds is 2. The molecule has 1 heterocycles. The molecule has 0 aliphatic rings. The lowest BCUT2D eigenvalue weighted by Crippen LogP contribution is -1.83. The zero-order valence-corrected chi connectivity index (χ0v) is 5.17. The fourth-order valence-corrected chi connectivity index (χ4v) is 0.621. The van der Waals surface area contributed by atoms with Crippen molar-refractivity contribution in [2.75, 3.05) is 0 Å². The Morgan fingerprint density at radius 3 is 3.22 bits per heavy atom. The minimum absolute atomic E-state index is 0.831. The number of aromatic nitrogens is 1. The van der Waals surface area contributed by atoms with Crippen molar-refractivity contribution in [1.82, 2.24) is 4.98 Å². The zero-order chi connectivity index (χ0) is 6.53. The Labute approximate surface area is 55.1 Å². The monoisotopic (exact) mass is 118 g/mol. The fraction of sp³-hybridized carbons (Fsp3) is 0.125. The summed E-state index contributed by atoms with van der Waals surface area (Å²) >= 11 is 0. The average molecular weight is 118 g/mol. The second kappa shape index (κ2) is 3.02. The van der Waals surface area contributed by atoms with E-state index in [0.717, 1.165) is 12.1 Å². The first kappa shape index (κ1) is 6.02. The van der Waals surface area contributed by atoms with Gasteiger partial charge < -0.3 is 0 Å². The van der Waals surface area contributed by atoms with E-state index in [4.69, 9.17) is 0 Å². The number of pyridine rings is 1. The maximum atomic E-state index is 3.97. The lowest BCUT2D eigenvalue weighted by molar-refractivity contribution is 1.11. The predicted octanol–water partition coefficient (Wildman–Crippen LogP) is 1.61. The first-order valence-electron chi connectivity index (χ1n) is 2.86. The van der Waals surface area contributed by atoms with Crippen LogP contribution in [0.15, 0.2) is 30.9 Å². The quantitative estimate of drug-likeness (QED) is 0.537. The molecule has 0 unspecified atom stereocenters. The van der Waals surface area contributed by atoms with Gasteiger partial charge >= 0.3 is 0 Å². The predicted molar refractivity (Wildman–Crippen MR) is 37.0 cm³/mol. The Morgan fingerprint density at radius 1 is 1.78 bits per heavy atom. The molecular formula is C8H8N. The average Bonchev–Trinajstić information content (AvgIpc) is 1.91. The molecule has 9 heavy (non-hydrogen) atoms. The highest BCUT2D eigenvalue weighted by Crippen LogP contribution is 1.92. The van der Waals surface area contributed by atoms with Crippen LogP contribution < -0.4 is 0 Å². The molecule has 1 aromatic rings.